The van der Waals surface area contributed by atoms with Crippen LogP contribution in [0.15, 0.2) is 12.1 Å². The highest BCUT2D eigenvalue weighted by Crippen LogP contribution is 2.50. The fraction of sp³-hybridized carbons (Fsp3) is 0.588. The lowest BCUT2D eigenvalue weighted by molar-refractivity contribution is 0.102. The van der Waals surface area contributed by atoms with Crippen LogP contribution in [-0.4, -0.2) is 35.9 Å². The molecule has 1 fully saturated rings. The highest BCUT2D eigenvalue weighted by molar-refractivity contribution is 8.33. The van der Waals surface area contributed by atoms with Crippen molar-refractivity contribution in [2.45, 2.75) is 33.6 Å². The zero-order valence-corrected chi connectivity index (χ0v) is 13.9. The molecule has 0 aliphatic carbocycles. The summed E-state index contributed by atoms with van der Waals surface area (Å²) in [5.74, 6) is 4.52. The van der Waals surface area contributed by atoms with Crippen LogP contribution in [0.25, 0.3) is 0 Å². The molecule has 0 spiro atoms. The van der Waals surface area contributed by atoms with Gasteiger partial charge in [0.2, 0.25) is 0 Å². The molecule has 0 amide bonds. The smallest absolute Gasteiger partial charge is 0.171 e. The van der Waals surface area contributed by atoms with Crippen molar-refractivity contribution in [1.82, 2.24) is 0 Å². The number of benzene rings is 1. The van der Waals surface area contributed by atoms with E-state index >= 15 is 0 Å². The van der Waals surface area contributed by atoms with Crippen molar-refractivity contribution >= 4 is 15.8 Å². The first-order valence-electron chi connectivity index (χ1n) is 7.44. The van der Waals surface area contributed by atoms with E-state index in [0.29, 0.717) is 12.4 Å². The quantitative estimate of drug-likeness (QED) is 0.764. The first-order chi connectivity index (χ1) is 9.45. The molecule has 1 aliphatic heterocycles. The summed E-state index contributed by atoms with van der Waals surface area (Å²) in [5, 5.41) is 0. The van der Waals surface area contributed by atoms with Gasteiger partial charge in [-0.2, -0.15) is 0 Å². The fourth-order valence-electron chi connectivity index (χ4n) is 3.15. The summed E-state index contributed by atoms with van der Waals surface area (Å²) in [7, 11) is -0.686. The van der Waals surface area contributed by atoms with E-state index in [-0.39, 0.29) is 0 Å². The molecule has 0 aromatic heterocycles. The van der Waals surface area contributed by atoms with Crippen molar-refractivity contribution in [3.63, 3.8) is 0 Å². The van der Waals surface area contributed by atoms with E-state index in [2.05, 4.69) is 6.26 Å². The molecule has 1 aromatic carbocycles. The maximum absolute atomic E-state index is 12.7. The summed E-state index contributed by atoms with van der Waals surface area (Å²) in [6.07, 6.45) is 4.96. The van der Waals surface area contributed by atoms with Crippen LogP contribution in [0.2, 0.25) is 0 Å². The molecule has 1 saturated heterocycles. The Morgan fingerprint density at radius 2 is 1.75 bits per heavy atom. The lowest BCUT2D eigenvalue weighted by Crippen LogP contribution is -2.17. The molecule has 1 aromatic rings. The van der Waals surface area contributed by atoms with E-state index in [1.165, 1.54) is 24.3 Å². The molecule has 20 heavy (non-hydrogen) atoms. The molecular weight excluding hydrogens is 268 g/mol. The zero-order chi connectivity index (χ0) is 14.8. The lowest BCUT2D eigenvalue weighted by Gasteiger charge is -2.30. The molecule has 0 N–H and O–H groups in total. The number of ether oxygens (including phenoxy) is 1. The van der Waals surface area contributed by atoms with Gasteiger partial charge in [-0.1, -0.05) is 0 Å². The largest absolute Gasteiger partial charge is 0.494 e. The van der Waals surface area contributed by atoms with Crippen LogP contribution in [-0.2, 0) is 0 Å². The van der Waals surface area contributed by atoms with Crippen LogP contribution in [0, 0.1) is 13.8 Å². The molecule has 1 heterocycles. The third-order valence-electron chi connectivity index (χ3n) is 4.10. The molecule has 0 atom stereocenters. The van der Waals surface area contributed by atoms with E-state index in [1.807, 2.05) is 32.9 Å². The average Bonchev–Trinajstić information content (AvgIpc) is 2.75. The number of Topliss-reactive ketones (excluding diaryl/α,β-unsaturated/α-hetero) is 1. The molecule has 1 aliphatic rings. The Morgan fingerprint density at radius 3 is 2.25 bits per heavy atom. The second-order valence-corrected chi connectivity index (χ2v) is 10.1. The standard InChI is InChI=1S/C17H26O2S/c1-5-19-15-10-13(2)17(14(3)11-15)16(18)12-20(4)8-6-7-9-20/h10-11H,5-9,12H2,1-4H3. The van der Waals surface area contributed by atoms with Crippen LogP contribution in [0.5, 0.6) is 5.75 Å². The number of carbonyl (C=O) groups excluding carboxylic acids is 1. The van der Waals surface area contributed by atoms with E-state index in [1.54, 1.807) is 0 Å². The third-order valence-corrected chi connectivity index (χ3v) is 7.61. The Kier molecular flexibility index (Phi) is 4.79. The van der Waals surface area contributed by atoms with Gasteiger partial charge in [0.25, 0.3) is 0 Å². The van der Waals surface area contributed by atoms with Crippen LogP contribution in [0.3, 0.4) is 0 Å². The molecule has 3 heteroatoms. The summed E-state index contributed by atoms with van der Waals surface area (Å²) in [6.45, 7) is 6.69. The monoisotopic (exact) mass is 294 g/mol. The number of rotatable bonds is 5. The van der Waals surface area contributed by atoms with Gasteiger partial charge in [-0.15, -0.1) is 0 Å². The minimum atomic E-state index is -0.686. The zero-order valence-electron chi connectivity index (χ0n) is 13.1. The number of aryl methyl sites for hydroxylation is 2. The van der Waals surface area contributed by atoms with Crippen molar-refractivity contribution in [1.29, 1.82) is 0 Å². The number of hydrogen-bond donors (Lipinski definition) is 0. The van der Waals surface area contributed by atoms with Crippen molar-refractivity contribution in [2.75, 3.05) is 30.1 Å². The van der Waals surface area contributed by atoms with E-state index in [9.17, 15) is 4.79 Å². The third kappa shape index (κ3) is 3.38. The average molecular weight is 294 g/mol. The highest BCUT2D eigenvalue weighted by atomic mass is 32.3. The summed E-state index contributed by atoms with van der Waals surface area (Å²) >= 11 is 0. The summed E-state index contributed by atoms with van der Waals surface area (Å²) in [6, 6.07) is 3.99. The number of ketones is 1. The lowest BCUT2D eigenvalue weighted by atomic mass is 9.99. The Labute approximate surface area is 124 Å². The van der Waals surface area contributed by atoms with Crippen LogP contribution in [0.1, 0.15) is 41.3 Å². The maximum Gasteiger partial charge on any atom is 0.171 e. The molecule has 0 unspecified atom stereocenters. The highest BCUT2D eigenvalue weighted by Gasteiger charge is 2.27. The molecule has 0 saturated carbocycles. The van der Waals surface area contributed by atoms with Gasteiger partial charge in [-0.25, -0.2) is 10.0 Å². The first kappa shape index (κ1) is 15.4. The summed E-state index contributed by atoms with van der Waals surface area (Å²) in [4.78, 5) is 12.7. The summed E-state index contributed by atoms with van der Waals surface area (Å²) in [5.41, 5.74) is 3.04. The number of carbonyl (C=O) groups is 1. The molecular formula is C17H26O2S. The van der Waals surface area contributed by atoms with Crippen LogP contribution in [0.4, 0.5) is 0 Å². The van der Waals surface area contributed by atoms with Gasteiger partial charge in [0, 0.05) is 11.3 Å². The van der Waals surface area contributed by atoms with Crippen molar-refractivity contribution in [3.8, 4) is 5.75 Å². The van der Waals surface area contributed by atoms with Gasteiger partial charge in [-0.05, 0) is 74.6 Å². The second-order valence-electron chi connectivity index (χ2n) is 6.03. The molecule has 112 valence electrons. The summed E-state index contributed by atoms with van der Waals surface area (Å²) < 4.78 is 5.55. The minimum Gasteiger partial charge on any atom is -0.494 e. The van der Waals surface area contributed by atoms with Gasteiger partial charge in [0.05, 0.1) is 6.61 Å². The Bertz CT molecular complexity index is 479. The molecule has 0 radical (unpaired) electrons. The topological polar surface area (TPSA) is 26.3 Å². The van der Waals surface area contributed by atoms with Gasteiger partial charge in [0.1, 0.15) is 5.75 Å². The SMILES string of the molecule is CCOc1cc(C)c(C(=O)CS2(C)CCCC2)c(C)c1. The normalized spacial score (nSPS) is 18.8. The van der Waals surface area contributed by atoms with Crippen molar-refractivity contribution < 1.29 is 9.53 Å². The van der Waals surface area contributed by atoms with E-state index < -0.39 is 10.0 Å². The molecule has 2 nitrogen and oxygen atoms in total. The van der Waals surface area contributed by atoms with Gasteiger partial charge < -0.3 is 4.74 Å². The Balaban J connectivity index is 2.21. The molecule has 2 rings (SSSR count). The predicted molar refractivity (Wildman–Crippen MR) is 88.8 cm³/mol. The first-order valence-corrected chi connectivity index (χ1v) is 9.99. The van der Waals surface area contributed by atoms with Crippen LogP contribution >= 0.6 is 10.0 Å². The van der Waals surface area contributed by atoms with Gasteiger partial charge >= 0.3 is 0 Å². The van der Waals surface area contributed by atoms with Crippen molar-refractivity contribution in [3.05, 3.63) is 28.8 Å². The Morgan fingerprint density at radius 1 is 1.20 bits per heavy atom. The second kappa shape index (κ2) is 6.21. The van der Waals surface area contributed by atoms with Gasteiger partial charge in [0.15, 0.2) is 5.78 Å². The van der Waals surface area contributed by atoms with Crippen molar-refractivity contribution in [2.24, 2.45) is 0 Å². The minimum absolute atomic E-state index is 0.336. The van der Waals surface area contributed by atoms with E-state index in [0.717, 1.165) is 28.2 Å². The number of hydrogen-bond acceptors (Lipinski definition) is 2. The predicted octanol–water partition coefficient (Wildman–Crippen LogP) is 4.11. The molecule has 0 bridgehead atoms. The fourth-order valence-corrected chi connectivity index (χ4v) is 6.22. The van der Waals surface area contributed by atoms with Gasteiger partial charge in [-0.3, -0.25) is 4.79 Å². The van der Waals surface area contributed by atoms with E-state index in [4.69, 9.17) is 4.74 Å². The van der Waals surface area contributed by atoms with Crippen LogP contribution < -0.4 is 4.74 Å². The Hall–Kier alpha value is -0.960. The maximum atomic E-state index is 12.7.